The molecule has 1 aliphatic heterocycles. The average molecular weight is 343 g/mol. The van der Waals surface area contributed by atoms with Gasteiger partial charge in [0, 0.05) is 6.61 Å². The van der Waals surface area contributed by atoms with Crippen molar-refractivity contribution in [2.45, 2.75) is 24.7 Å². The standard InChI is InChI=1S/C14H15ClN2O4S/c15-12-6-2-1-5-11(12)14-16-13(17-21-14)9-22(18,19)8-10-4-3-7-20-10/h1-2,5-6,10H,3-4,7-9H2. The van der Waals surface area contributed by atoms with Gasteiger partial charge >= 0.3 is 0 Å². The number of hydrogen-bond acceptors (Lipinski definition) is 6. The first-order valence-corrected chi connectivity index (χ1v) is 9.13. The van der Waals surface area contributed by atoms with E-state index in [1.54, 1.807) is 24.3 Å². The zero-order chi connectivity index (χ0) is 15.6. The molecule has 0 N–H and O–H groups in total. The maximum Gasteiger partial charge on any atom is 0.259 e. The Morgan fingerprint density at radius 1 is 1.32 bits per heavy atom. The molecule has 1 aliphatic rings. The van der Waals surface area contributed by atoms with Crippen LogP contribution in [-0.2, 0) is 20.3 Å². The van der Waals surface area contributed by atoms with Crippen LogP contribution in [-0.4, -0.2) is 37.0 Å². The van der Waals surface area contributed by atoms with Gasteiger partial charge in [-0.2, -0.15) is 4.98 Å². The molecule has 0 radical (unpaired) electrons. The van der Waals surface area contributed by atoms with Gasteiger partial charge in [-0.15, -0.1) is 0 Å². The van der Waals surface area contributed by atoms with E-state index in [-0.39, 0.29) is 29.3 Å². The fraction of sp³-hybridized carbons (Fsp3) is 0.429. The minimum Gasteiger partial charge on any atom is -0.377 e. The minimum absolute atomic E-state index is 0.0109. The third-order valence-corrected chi connectivity index (χ3v) is 5.29. The first kappa shape index (κ1) is 15.5. The number of sulfone groups is 1. The summed E-state index contributed by atoms with van der Waals surface area (Å²) in [5.41, 5.74) is 0.583. The van der Waals surface area contributed by atoms with E-state index in [4.69, 9.17) is 20.9 Å². The van der Waals surface area contributed by atoms with Crippen LogP contribution < -0.4 is 0 Å². The van der Waals surface area contributed by atoms with Crippen molar-refractivity contribution in [2.75, 3.05) is 12.4 Å². The van der Waals surface area contributed by atoms with E-state index in [1.165, 1.54) is 0 Å². The first-order chi connectivity index (χ1) is 10.5. The predicted octanol–water partition coefficient (Wildman–Crippen LogP) is 2.48. The number of benzene rings is 1. The molecule has 1 aromatic carbocycles. The largest absolute Gasteiger partial charge is 0.377 e. The highest BCUT2D eigenvalue weighted by Crippen LogP contribution is 2.26. The van der Waals surface area contributed by atoms with Gasteiger partial charge in [0.05, 0.1) is 22.4 Å². The molecule has 6 nitrogen and oxygen atoms in total. The quantitative estimate of drug-likeness (QED) is 0.830. The van der Waals surface area contributed by atoms with Crippen LogP contribution in [0.1, 0.15) is 18.7 Å². The molecule has 3 rings (SSSR count). The van der Waals surface area contributed by atoms with Crippen LogP contribution >= 0.6 is 11.6 Å². The van der Waals surface area contributed by atoms with Crippen LogP contribution in [0.5, 0.6) is 0 Å². The molecule has 2 aromatic rings. The van der Waals surface area contributed by atoms with Crippen molar-refractivity contribution >= 4 is 21.4 Å². The summed E-state index contributed by atoms with van der Waals surface area (Å²) >= 11 is 6.05. The molecule has 8 heteroatoms. The summed E-state index contributed by atoms with van der Waals surface area (Å²) < 4.78 is 34.7. The van der Waals surface area contributed by atoms with Gasteiger partial charge in [0.25, 0.3) is 5.89 Å². The van der Waals surface area contributed by atoms with Crippen LogP contribution in [0, 0.1) is 0 Å². The molecule has 0 aliphatic carbocycles. The van der Waals surface area contributed by atoms with Crippen molar-refractivity contribution in [3.8, 4) is 11.5 Å². The summed E-state index contributed by atoms with van der Waals surface area (Å²) in [7, 11) is -3.34. The van der Waals surface area contributed by atoms with Gasteiger partial charge in [-0.05, 0) is 25.0 Å². The lowest BCUT2D eigenvalue weighted by Gasteiger charge is -2.08. The number of halogens is 1. The van der Waals surface area contributed by atoms with Gasteiger partial charge in [-0.1, -0.05) is 28.9 Å². The second-order valence-electron chi connectivity index (χ2n) is 5.19. The summed E-state index contributed by atoms with van der Waals surface area (Å²) in [6.45, 7) is 0.624. The van der Waals surface area contributed by atoms with Crippen molar-refractivity contribution in [1.82, 2.24) is 10.1 Å². The molecule has 0 bridgehead atoms. The number of hydrogen-bond donors (Lipinski definition) is 0. The van der Waals surface area contributed by atoms with Gasteiger partial charge < -0.3 is 9.26 Å². The molecule has 0 saturated carbocycles. The Morgan fingerprint density at radius 3 is 2.86 bits per heavy atom. The van der Waals surface area contributed by atoms with Gasteiger partial charge in [0.2, 0.25) is 0 Å². The number of ether oxygens (including phenoxy) is 1. The van der Waals surface area contributed by atoms with Gasteiger partial charge in [-0.25, -0.2) is 8.42 Å². The summed E-state index contributed by atoms with van der Waals surface area (Å²) in [6, 6.07) is 7.02. The Labute approximate surface area is 133 Å². The normalized spacial score (nSPS) is 18.7. The maximum absolute atomic E-state index is 12.1. The van der Waals surface area contributed by atoms with Crippen molar-refractivity contribution in [1.29, 1.82) is 0 Å². The van der Waals surface area contributed by atoms with E-state index in [0.29, 0.717) is 17.2 Å². The number of aromatic nitrogens is 2. The predicted molar refractivity (Wildman–Crippen MR) is 81.2 cm³/mol. The Morgan fingerprint density at radius 2 is 2.14 bits per heavy atom. The Hall–Kier alpha value is -1.44. The molecular formula is C14H15ClN2O4S. The van der Waals surface area contributed by atoms with Crippen LogP contribution in [0.15, 0.2) is 28.8 Å². The third-order valence-electron chi connectivity index (χ3n) is 3.39. The molecule has 1 unspecified atom stereocenters. The average Bonchev–Trinajstić information content (AvgIpc) is 3.10. The number of rotatable bonds is 5. The Balaban J connectivity index is 1.72. The topological polar surface area (TPSA) is 82.3 Å². The first-order valence-electron chi connectivity index (χ1n) is 6.93. The lowest BCUT2D eigenvalue weighted by molar-refractivity contribution is 0.127. The molecule has 1 aromatic heterocycles. The molecule has 118 valence electrons. The van der Waals surface area contributed by atoms with Crippen molar-refractivity contribution in [2.24, 2.45) is 0 Å². The minimum atomic E-state index is -3.34. The van der Waals surface area contributed by atoms with Gasteiger partial charge in [0.15, 0.2) is 15.7 Å². The van der Waals surface area contributed by atoms with E-state index in [1.807, 2.05) is 0 Å². The van der Waals surface area contributed by atoms with E-state index in [9.17, 15) is 8.42 Å². The monoisotopic (exact) mass is 342 g/mol. The van der Waals surface area contributed by atoms with E-state index < -0.39 is 9.84 Å². The van der Waals surface area contributed by atoms with Crippen LogP contribution in [0.4, 0.5) is 0 Å². The zero-order valence-electron chi connectivity index (χ0n) is 11.7. The van der Waals surface area contributed by atoms with E-state index in [0.717, 1.165) is 12.8 Å². The molecule has 1 fully saturated rings. The lowest BCUT2D eigenvalue weighted by Crippen LogP contribution is -2.21. The molecule has 1 saturated heterocycles. The van der Waals surface area contributed by atoms with Crippen molar-refractivity contribution in [3.05, 3.63) is 35.1 Å². The van der Waals surface area contributed by atoms with Crippen LogP contribution in [0.3, 0.4) is 0 Å². The second-order valence-corrected chi connectivity index (χ2v) is 7.70. The number of nitrogens with zero attached hydrogens (tertiary/aromatic N) is 2. The molecule has 2 heterocycles. The highest BCUT2D eigenvalue weighted by atomic mass is 35.5. The second kappa shape index (κ2) is 6.36. The smallest absolute Gasteiger partial charge is 0.259 e. The molecular weight excluding hydrogens is 328 g/mol. The van der Waals surface area contributed by atoms with Gasteiger partial charge in [-0.3, -0.25) is 0 Å². The summed E-state index contributed by atoms with van der Waals surface area (Å²) in [5.74, 6) is 0.0740. The van der Waals surface area contributed by atoms with Crippen LogP contribution in [0.25, 0.3) is 11.5 Å². The summed E-state index contributed by atoms with van der Waals surface area (Å²) in [6.07, 6.45) is 1.45. The SMILES string of the molecule is O=S(=O)(Cc1noc(-c2ccccc2Cl)n1)CC1CCCO1. The Bertz CT molecular complexity index is 754. The summed E-state index contributed by atoms with van der Waals surface area (Å²) in [4.78, 5) is 4.12. The van der Waals surface area contributed by atoms with Crippen molar-refractivity contribution < 1.29 is 17.7 Å². The highest BCUT2D eigenvalue weighted by Gasteiger charge is 2.25. The highest BCUT2D eigenvalue weighted by molar-refractivity contribution is 7.90. The maximum atomic E-state index is 12.1. The Kier molecular flexibility index (Phi) is 4.46. The molecule has 1 atom stereocenters. The summed E-state index contributed by atoms with van der Waals surface area (Å²) in [5, 5.41) is 4.20. The third kappa shape index (κ3) is 3.66. The van der Waals surface area contributed by atoms with E-state index >= 15 is 0 Å². The lowest BCUT2D eigenvalue weighted by atomic mass is 10.2. The van der Waals surface area contributed by atoms with Crippen LogP contribution in [0.2, 0.25) is 5.02 Å². The molecule has 0 spiro atoms. The molecule has 22 heavy (non-hydrogen) atoms. The fourth-order valence-corrected chi connectivity index (χ4v) is 4.05. The zero-order valence-corrected chi connectivity index (χ0v) is 13.3. The van der Waals surface area contributed by atoms with Crippen molar-refractivity contribution in [3.63, 3.8) is 0 Å². The fourth-order valence-electron chi connectivity index (χ4n) is 2.37. The molecule has 0 amide bonds. The van der Waals surface area contributed by atoms with E-state index in [2.05, 4.69) is 10.1 Å². The van der Waals surface area contributed by atoms with Gasteiger partial charge in [0.1, 0.15) is 5.75 Å².